The van der Waals surface area contributed by atoms with E-state index in [0.29, 0.717) is 0 Å². The van der Waals surface area contributed by atoms with Gasteiger partial charge in [0.2, 0.25) is 6.10 Å². The molecule has 0 heterocycles. The number of rotatable bonds is 10. The van der Waals surface area contributed by atoms with E-state index in [1.165, 1.54) is 0 Å². The van der Waals surface area contributed by atoms with Crippen LogP contribution < -0.4 is 0 Å². The van der Waals surface area contributed by atoms with Gasteiger partial charge in [-0.05, 0) is 12.8 Å². The van der Waals surface area contributed by atoms with Gasteiger partial charge in [-0.25, -0.2) is 18.4 Å². The second-order valence-electron chi connectivity index (χ2n) is 5.80. The van der Waals surface area contributed by atoms with Crippen LogP contribution in [0.3, 0.4) is 0 Å². The molecule has 0 spiro atoms. The molecule has 0 aromatic heterocycles. The Morgan fingerprint density at radius 1 is 0.839 bits per heavy atom. The van der Waals surface area contributed by atoms with Crippen LogP contribution in [0, 0.1) is 0 Å². The largest absolute Gasteiger partial charge is 0.509 e. The highest BCUT2D eigenvalue weighted by Crippen LogP contribution is 2.34. The van der Waals surface area contributed by atoms with Gasteiger partial charge < -0.3 is 18.9 Å². The van der Waals surface area contributed by atoms with Crippen LogP contribution in [0.2, 0.25) is 0 Å². The summed E-state index contributed by atoms with van der Waals surface area (Å²) in [5.74, 6) is -6.42. The Morgan fingerprint density at radius 2 is 1.26 bits per heavy atom. The minimum Gasteiger partial charge on any atom is -0.434 e. The Kier molecular flexibility index (Phi) is 10.2. The molecular formula is C13H16F8O9S. The summed E-state index contributed by atoms with van der Waals surface area (Å²) >= 11 is 0. The lowest BCUT2D eigenvalue weighted by molar-refractivity contribution is -0.267. The maximum absolute atomic E-state index is 12.8. The van der Waals surface area contributed by atoms with E-state index in [-0.39, 0.29) is 19.8 Å². The Balaban J connectivity index is 4.32. The summed E-state index contributed by atoms with van der Waals surface area (Å²) in [4.78, 5) is 22.2. The number of ether oxygens (including phenoxy) is 4. The molecule has 1 N–H and O–H groups in total. The summed E-state index contributed by atoms with van der Waals surface area (Å²) in [5, 5.41) is 0. The summed E-state index contributed by atoms with van der Waals surface area (Å²) in [6.45, 7) is -1.48. The minimum absolute atomic E-state index is 0.131. The first-order chi connectivity index (χ1) is 13.7. The maximum atomic E-state index is 12.8. The number of hydrogen-bond acceptors (Lipinski definition) is 8. The minimum atomic E-state index is -5.57. The molecule has 2 atom stereocenters. The van der Waals surface area contributed by atoms with E-state index in [2.05, 4.69) is 18.9 Å². The molecule has 0 fully saturated rings. The van der Waals surface area contributed by atoms with Gasteiger partial charge in [0.25, 0.3) is 22.1 Å². The average molecular weight is 500 g/mol. The van der Waals surface area contributed by atoms with Gasteiger partial charge in [-0.2, -0.15) is 34.8 Å². The Hall–Kier alpha value is -2.11. The molecule has 0 amide bonds. The number of hydrogen-bond donors (Lipinski definition) is 1. The molecular weight excluding hydrogens is 484 g/mol. The summed E-state index contributed by atoms with van der Waals surface area (Å²) in [6.07, 6.45) is -22.4. The van der Waals surface area contributed by atoms with Crippen LogP contribution >= 0.6 is 0 Å². The summed E-state index contributed by atoms with van der Waals surface area (Å²) in [6, 6.07) is 0. The SMILES string of the molecule is CC(F)(F)C(OC(=O)OCCCCOC(=O)OC(CS(=O)(=O)O)C(F)(F)F)C(F)(F)F. The number of unbranched alkanes of at least 4 members (excludes halogenated alkanes) is 1. The van der Waals surface area contributed by atoms with Crippen molar-refractivity contribution < 1.29 is 76.6 Å². The van der Waals surface area contributed by atoms with Gasteiger partial charge >= 0.3 is 24.7 Å². The van der Waals surface area contributed by atoms with E-state index in [1.54, 1.807) is 0 Å². The van der Waals surface area contributed by atoms with Crippen LogP contribution in [-0.4, -0.2) is 74.7 Å². The molecule has 18 heteroatoms. The van der Waals surface area contributed by atoms with Crippen molar-refractivity contribution in [2.45, 2.75) is 50.2 Å². The van der Waals surface area contributed by atoms with Crippen molar-refractivity contribution in [3.05, 3.63) is 0 Å². The summed E-state index contributed by atoms with van der Waals surface area (Å²) < 4.78 is 145. The molecule has 0 aliphatic rings. The smallest absolute Gasteiger partial charge is 0.434 e. The standard InChI is InChI=1S/C13H16F8O9S/c1-11(14,15)8(13(19,20)21)30-10(23)28-5-3-2-4-27-9(22)29-7(12(16,17)18)6-31(24,25)26/h7-8H,2-6H2,1H3,(H,24,25,26). The molecule has 31 heavy (non-hydrogen) atoms. The normalized spacial score (nSPS) is 15.0. The first-order valence-corrected chi connectivity index (χ1v) is 9.47. The number of carbonyl (C=O) groups is 2. The second-order valence-corrected chi connectivity index (χ2v) is 7.29. The number of alkyl halides is 8. The zero-order valence-corrected chi connectivity index (χ0v) is 16.2. The van der Waals surface area contributed by atoms with Crippen molar-refractivity contribution >= 4 is 22.4 Å². The number of halogens is 8. The van der Waals surface area contributed by atoms with Gasteiger partial charge in [0.15, 0.2) is 0 Å². The molecule has 0 aromatic rings. The van der Waals surface area contributed by atoms with Gasteiger partial charge in [-0.1, -0.05) is 0 Å². The maximum Gasteiger partial charge on any atom is 0.509 e. The van der Waals surface area contributed by atoms with Crippen molar-refractivity contribution in [2.75, 3.05) is 19.0 Å². The first kappa shape index (κ1) is 28.9. The van der Waals surface area contributed by atoms with E-state index in [4.69, 9.17) is 4.55 Å². The fourth-order valence-corrected chi connectivity index (χ4v) is 2.28. The van der Waals surface area contributed by atoms with Gasteiger partial charge in [-0.3, -0.25) is 4.55 Å². The van der Waals surface area contributed by atoms with Crippen LogP contribution in [0.4, 0.5) is 44.7 Å². The van der Waals surface area contributed by atoms with E-state index < -0.39 is 71.9 Å². The monoisotopic (exact) mass is 500 g/mol. The molecule has 0 aliphatic carbocycles. The van der Waals surface area contributed by atoms with Gasteiger partial charge in [0.1, 0.15) is 5.75 Å². The second kappa shape index (κ2) is 11.0. The Morgan fingerprint density at radius 3 is 1.58 bits per heavy atom. The lowest BCUT2D eigenvalue weighted by Gasteiger charge is -2.25. The van der Waals surface area contributed by atoms with Crippen molar-refractivity contribution in [2.24, 2.45) is 0 Å². The van der Waals surface area contributed by atoms with E-state index >= 15 is 0 Å². The van der Waals surface area contributed by atoms with Crippen molar-refractivity contribution in [3.8, 4) is 0 Å². The lowest BCUT2D eigenvalue weighted by atomic mass is 10.2. The van der Waals surface area contributed by atoms with Crippen LogP contribution in [0.25, 0.3) is 0 Å². The van der Waals surface area contributed by atoms with Crippen molar-refractivity contribution in [3.63, 3.8) is 0 Å². The third-order valence-electron chi connectivity index (χ3n) is 2.92. The topological polar surface area (TPSA) is 125 Å². The van der Waals surface area contributed by atoms with Gasteiger partial charge in [-0.15, -0.1) is 0 Å². The molecule has 0 aliphatic heterocycles. The third kappa shape index (κ3) is 13.0. The zero-order valence-electron chi connectivity index (χ0n) is 15.3. The Labute approximate surface area is 169 Å². The zero-order chi connectivity index (χ0) is 24.7. The average Bonchev–Trinajstić information content (AvgIpc) is 2.51. The highest BCUT2D eigenvalue weighted by Gasteiger charge is 2.56. The summed E-state index contributed by atoms with van der Waals surface area (Å²) in [7, 11) is -5.15. The third-order valence-corrected chi connectivity index (χ3v) is 3.64. The van der Waals surface area contributed by atoms with Crippen LogP contribution in [0.5, 0.6) is 0 Å². The summed E-state index contributed by atoms with van der Waals surface area (Å²) in [5.41, 5.74) is 0. The molecule has 0 saturated carbocycles. The molecule has 0 aromatic carbocycles. The van der Waals surface area contributed by atoms with E-state index in [9.17, 15) is 53.1 Å². The molecule has 184 valence electrons. The van der Waals surface area contributed by atoms with Crippen LogP contribution in [-0.2, 0) is 29.1 Å². The predicted molar refractivity (Wildman–Crippen MR) is 80.8 cm³/mol. The first-order valence-electron chi connectivity index (χ1n) is 7.86. The highest BCUT2D eigenvalue weighted by molar-refractivity contribution is 7.85. The lowest BCUT2D eigenvalue weighted by Crippen LogP contribution is -2.46. The van der Waals surface area contributed by atoms with Crippen molar-refractivity contribution in [1.82, 2.24) is 0 Å². The highest BCUT2D eigenvalue weighted by atomic mass is 32.2. The van der Waals surface area contributed by atoms with Gasteiger partial charge in [0, 0.05) is 6.92 Å². The molecule has 0 bridgehead atoms. The van der Waals surface area contributed by atoms with Gasteiger partial charge in [0.05, 0.1) is 13.2 Å². The van der Waals surface area contributed by atoms with Crippen molar-refractivity contribution in [1.29, 1.82) is 0 Å². The fourth-order valence-electron chi connectivity index (χ4n) is 1.64. The molecule has 0 radical (unpaired) electrons. The van der Waals surface area contributed by atoms with Crippen LogP contribution in [0.15, 0.2) is 0 Å². The molecule has 9 nitrogen and oxygen atoms in total. The fraction of sp³-hybridized carbons (Fsp3) is 0.846. The van der Waals surface area contributed by atoms with E-state index in [1.807, 2.05) is 0 Å². The Bertz CT molecular complexity index is 685. The molecule has 0 rings (SSSR count). The van der Waals surface area contributed by atoms with Crippen LogP contribution in [0.1, 0.15) is 19.8 Å². The van der Waals surface area contributed by atoms with E-state index in [0.717, 1.165) is 0 Å². The predicted octanol–water partition coefficient (Wildman–Crippen LogP) is 3.48. The molecule has 0 saturated heterocycles. The number of carbonyl (C=O) groups excluding carboxylic acids is 2. The quantitative estimate of drug-likeness (QED) is 0.208. The molecule has 2 unspecified atom stereocenters.